The first-order chi connectivity index (χ1) is 14.0. The molecule has 152 valence electrons. The molecule has 0 N–H and O–H groups in total. The normalized spacial score (nSPS) is 10.7. The van der Waals surface area contributed by atoms with Crippen LogP contribution in [0, 0.1) is 0 Å². The van der Waals surface area contributed by atoms with Crippen molar-refractivity contribution in [1.82, 2.24) is 9.78 Å². The molecule has 8 heteroatoms. The van der Waals surface area contributed by atoms with Crippen molar-refractivity contribution >= 4 is 22.6 Å². The summed E-state index contributed by atoms with van der Waals surface area (Å²) in [6.45, 7) is 1.73. The number of nitrogens with zero attached hydrogens (tertiary/aromatic N) is 2. The SMILES string of the molecule is CCC(=O)n1nc(C(=O)c2cc(OC)c(OC)c(OC)c2)c2ccc(OC)cc21. The minimum atomic E-state index is -0.373. The molecule has 3 aromatic rings. The van der Waals surface area contributed by atoms with Crippen LogP contribution >= 0.6 is 0 Å². The molecule has 0 radical (unpaired) electrons. The third-order valence-electron chi connectivity index (χ3n) is 4.57. The van der Waals surface area contributed by atoms with Crippen LogP contribution in [0.3, 0.4) is 0 Å². The lowest BCUT2D eigenvalue weighted by molar-refractivity contribution is 0.0898. The van der Waals surface area contributed by atoms with Gasteiger partial charge in [-0.15, -0.1) is 0 Å². The summed E-state index contributed by atoms with van der Waals surface area (Å²) in [5, 5.41) is 4.86. The van der Waals surface area contributed by atoms with Crippen molar-refractivity contribution in [2.75, 3.05) is 28.4 Å². The van der Waals surface area contributed by atoms with E-state index in [2.05, 4.69) is 5.10 Å². The van der Waals surface area contributed by atoms with Crippen LogP contribution in [0.5, 0.6) is 23.0 Å². The van der Waals surface area contributed by atoms with Crippen LogP contribution in [0.15, 0.2) is 30.3 Å². The zero-order valence-corrected chi connectivity index (χ0v) is 16.9. The van der Waals surface area contributed by atoms with Crippen molar-refractivity contribution in [3.63, 3.8) is 0 Å². The average Bonchev–Trinajstić information content (AvgIpc) is 3.15. The number of carbonyl (C=O) groups is 2. The molecule has 1 aromatic heterocycles. The lowest BCUT2D eigenvalue weighted by atomic mass is 10.0. The second kappa shape index (κ2) is 8.22. The van der Waals surface area contributed by atoms with Gasteiger partial charge in [0.1, 0.15) is 11.4 Å². The fourth-order valence-electron chi connectivity index (χ4n) is 3.08. The highest BCUT2D eigenvalue weighted by atomic mass is 16.5. The minimum Gasteiger partial charge on any atom is -0.497 e. The third kappa shape index (κ3) is 3.49. The topological polar surface area (TPSA) is 88.9 Å². The molecule has 1 heterocycles. The van der Waals surface area contributed by atoms with E-state index < -0.39 is 0 Å². The van der Waals surface area contributed by atoms with Gasteiger partial charge in [-0.05, 0) is 24.3 Å². The third-order valence-corrected chi connectivity index (χ3v) is 4.57. The van der Waals surface area contributed by atoms with Crippen LogP contribution in [-0.4, -0.2) is 49.9 Å². The Bertz CT molecular complexity index is 1060. The summed E-state index contributed by atoms with van der Waals surface area (Å²) in [4.78, 5) is 25.7. The Morgan fingerprint density at radius 1 is 0.931 bits per heavy atom. The molecule has 0 saturated carbocycles. The summed E-state index contributed by atoms with van der Waals surface area (Å²) in [5.41, 5.74) is 0.955. The summed E-state index contributed by atoms with van der Waals surface area (Å²) in [6, 6.07) is 8.23. The Hall–Kier alpha value is -3.55. The van der Waals surface area contributed by atoms with E-state index in [0.29, 0.717) is 39.5 Å². The first-order valence-corrected chi connectivity index (χ1v) is 8.93. The van der Waals surface area contributed by atoms with Gasteiger partial charge < -0.3 is 18.9 Å². The molecular weight excluding hydrogens is 376 g/mol. The molecule has 0 spiro atoms. The van der Waals surface area contributed by atoms with Crippen molar-refractivity contribution in [1.29, 1.82) is 0 Å². The van der Waals surface area contributed by atoms with Crippen molar-refractivity contribution in [3.8, 4) is 23.0 Å². The van der Waals surface area contributed by atoms with E-state index in [9.17, 15) is 9.59 Å². The highest BCUT2D eigenvalue weighted by Crippen LogP contribution is 2.39. The summed E-state index contributed by atoms with van der Waals surface area (Å²) >= 11 is 0. The van der Waals surface area contributed by atoms with Gasteiger partial charge in [0.2, 0.25) is 17.4 Å². The highest BCUT2D eigenvalue weighted by molar-refractivity contribution is 6.16. The van der Waals surface area contributed by atoms with Crippen LogP contribution in [0.1, 0.15) is 34.2 Å². The smallest absolute Gasteiger partial charge is 0.247 e. The molecule has 0 fully saturated rings. The standard InChI is InChI=1S/C21H22N2O6/c1-6-18(24)23-15-11-13(26-2)7-8-14(15)19(22-23)20(25)12-9-16(27-3)21(29-5)17(10-12)28-4/h7-11H,6H2,1-5H3. The number of benzene rings is 2. The molecule has 2 aromatic carbocycles. The molecule has 0 atom stereocenters. The Labute approximate surface area is 167 Å². The Balaban J connectivity index is 2.21. The predicted molar refractivity (Wildman–Crippen MR) is 107 cm³/mol. The van der Waals surface area contributed by atoms with Gasteiger partial charge in [-0.2, -0.15) is 9.78 Å². The molecule has 8 nitrogen and oxygen atoms in total. The lowest BCUT2D eigenvalue weighted by Gasteiger charge is -2.13. The maximum Gasteiger partial charge on any atom is 0.247 e. The second-order valence-corrected chi connectivity index (χ2v) is 6.13. The zero-order chi connectivity index (χ0) is 21.1. The largest absolute Gasteiger partial charge is 0.497 e. The number of methoxy groups -OCH3 is 4. The molecule has 0 aliphatic carbocycles. The van der Waals surface area contributed by atoms with Gasteiger partial charge in [-0.25, -0.2) is 0 Å². The number of hydrogen-bond acceptors (Lipinski definition) is 7. The van der Waals surface area contributed by atoms with E-state index >= 15 is 0 Å². The highest BCUT2D eigenvalue weighted by Gasteiger charge is 2.24. The maximum absolute atomic E-state index is 13.3. The van der Waals surface area contributed by atoms with Gasteiger partial charge in [-0.3, -0.25) is 9.59 Å². The van der Waals surface area contributed by atoms with Crippen molar-refractivity contribution in [2.24, 2.45) is 0 Å². The number of carbonyl (C=O) groups excluding carboxylic acids is 2. The molecule has 0 unspecified atom stereocenters. The van der Waals surface area contributed by atoms with Gasteiger partial charge in [0.05, 0.1) is 34.0 Å². The van der Waals surface area contributed by atoms with E-state index in [4.69, 9.17) is 18.9 Å². The number of fused-ring (bicyclic) bond motifs is 1. The number of rotatable bonds is 7. The molecule has 29 heavy (non-hydrogen) atoms. The minimum absolute atomic E-state index is 0.152. The summed E-state index contributed by atoms with van der Waals surface area (Å²) in [6.07, 6.45) is 0.242. The summed E-state index contributed by atoms with van der Waals surface area (Å²) in [5.74, 6) is 1.05. The number of aromatic nitrogens is 2. The van der Waals surface area contributed by atoms with Crippen LogP contribution in [-0.2, 0) is 0 Å². The van der Waals surface area contributed by atoms with Gasteiger partial charge in [0.25, 0.3) is 0 Å². The molecule has 3 rings (SSSR count). The molecule has 0 bridgehead atoms. The molecule has 0 amide bonds. The van der Waals surface area contributed by atoms with E-state index in [1.54, 1.807) is 37.3 Å². The molecule has 0 aliphatic heterocycles. The number of ether oxygens (including phenoxy) is 4. The van der Waals surface area contributed by atoms with Crippen LogP contribution in [0.25, 0.3) is 10.9 Å². The Morgan fingerprint density at radius 3 is 2.10 bits per heavy atom. The predicted octanol–water partition coefficient (Wildman–Crippen LogP) is 3.35. The molecule has 0 aliphatic rings. The van der Waals surface area contributed by atoms with Crippen molar-refractivity contribution in [3.05, 3.63) is 41.6 Å². The first kappa shape index (κ1) is 20.2. The fourth-order valence-corrected chi connectivity index (χ4v) is 3.08. The quantitative estimate of drug-likeness (QED) is 0.564. The summed E-state index contributed by atoms with van der Waals surface area (Å²) in [7, 11) is 5.97. The van der Waals surface area contributed by atoms with Gasteiger partial charge in [0, 0.05) is 23.4 Å². The van der Waals surface area contributed by atoms with Gasteiger partial charge in [-0.1, -0.05) is 6.92 Å². The van der Waals surface area contributed by atoms with E-state index in [1.807, 2.05) is 0 Å². The molecular formula is C21H22N2O6. The zero-order valence-electron chi connectivity index (χ0n) is 16.9. The monoisotopic (exact) mass is 398 g/mol. The Morgan fingerprint density at radius 2 is 1.59 bits per heavy atom. The lowest BCUT2D eigenvalue weighted by Crippen LogP contribution is -2.12. The van der Waals surface area contributed by atoms with E-state index in [-0.39, 0.29) is 23.8 Å². The van der Waals surface area contributed by atoms with Gasteiger partial charge in [0.15, 0.2) is 11.5 Å². The second-order valence-electron chi connectivity index (χ2n) is 6.13. The van der Waals surface area contributed by atoms with Crippen molar-refractivity contribution < 1.29 is 28.5 Å². The van der Waals surface area contributed by atoms with E-state index in [0.717, 1.165) is 0 Å². The summed E-state index contributed by atoms with van der Waals surface area (Å²) < 4.78 is 22.5. The van der Waals surface area contributed by atoms with Crippen LogP contribution in [0.4, 0.5) is 0 Å². The Kier molecular flexibility index (Phi) is 5.72. The fraction of sp³-hybridized carbons (Fsp3) is 0.286. The van der Waals surface area contributed by atoms with E-state index in [1.165, 1.54) is 33.1 Å². The van der Waals surface area contributed by atoms with Gasteiger partial charge >= 0.3 is 0 Å². The number of hydrogen-bond donors (Lipinski definition) is 0. The maximum atomic E-state index is 13.3. The first-order valence-electron chi connectivity index (χ1n) is 8.93. The average molecular weight is 398 g/mol. The van der Waals surface area contributed by atoms with Crippen LogP contribution < -0.4 is 18.9 Å². The molecule has 0 saturated heterocycles. The number of ketones is 1. The van der Waals surface area contributed by atoms with Crippen LogP contribution in [0.2, 0.25) is 0 Å². The van der Waals surface area contributed by atoms with Crippen molar-refractivity contribution in [2.45, 2.75) is 13.3 Å².